The number of anilines is 4. The molecule has 3 N–H and O–H groups in total. The summed E-state index contributed by atoms with van der Waals surface area (Å²) < 4.78 is 56.8. The SMILES string of the molecule is COc1cc2c(cc1OCc1cc(COc3cc4c(cc3OC)C(=O)N3c5ccccc5C[C@H]3CN4)cc(NC(=O)CCC(C)(C)SSCCC(C(C)=O)S(=O)(=O)O)c1)N=C[C@@H]1Cc3ccccc3N1C2=O. The molecule has 0 radical (unpaired) electrons. The highest BCUT2D eigenvalue weighted by Crippen LogP contribution is 2.44. The monoisotopic (exact) mass is 1030 g/mol. The van der Waals surface area contributed by atoms with Gasteiger partial charge in [-0.15, -0.1) is 0 Å². The number of amides is 3. The van der Waals surface area contributed by atoms with Gasteiger partial charge >= 0.3 is 0 Å². The number of ketones is 1. The molecule has 0 bridgehead atoms. The highest BCUT2D eigenvalue weighted by atomic mass is 33.1. The fourth-order valence-electron chi connectivity index (χ4n) is 9.52. The second-order valence-corrected chi connectivity index (χ2v) is 23.4. The van der Waals surface area contributed by atoms with Crippen molar-refractivity contribution in [1.29, 1.82) is 0 Å². The van der Waals surface area contributed by atoms with Crippen molar-refractivity contribution in [3.05, 3.63) is 124 Å². The number of ether oxygens (including phenoxy) is 4. The van der Waals surface area contributed by atoms with Gasteiger partial charge in [0.25, 0.3) is 21.9 Å². The third-order valence-electron chi connectivity index (χ3n) is 13.1. The normalized spacial score (nSPS) is 17.0. The van der Waals surface area contributed by atoms with E-state index in [1.807, 2.05) is 79.4 Å². The zero-order chi connectivity index (χ0) is 50.9. The van der Waals surface area contributed by atoms with Crippen LogP contribution in [0, 0.1) is 0 Å². The molecule has 4 aliphatic rings. The topological polar surface area (TPSA) is 202 Å². The molecule has 19 heteroatoms. The molecule has 4 aliphatic heterocycles. The molecule has 0 aliphatic carbocycles. The fraction of sp³-hybridized carbons (Fsp3) is 0.340. The molecule has 0 aromatic heterocycles. The van der Waals surface area contributed by atoms with Gasteiger partial charge in [0.15, 0.2) is 23.0 Å². The fourth-order valence-corrected chi connectivity index (χ4v) is 13.2. The highest BCUT2D eigenvalue weighted by molar-refractivity contribution is 8.77. The van der Waals surface area contributed by atoms with Crippen LogP contribution in [0.25, 0.3) is 0 Å². The maximum Gasteiger partial charge on any atom is 0.274 e. The van der Waals surface area contributed by atoms with Crippen LogP contribution in [0.1, 0.15) is 83.0 Å². The third kappa shape index (κ3) is 10.8. The Bertz CT molecular complexity index is 3110. The summed E-state index contributed by atoms with van der Waals surface area (Å²) in [5.74, 6) is 0.628. The Balaban J connectivity index is 0.931. The van der Waals surface area contributed by atoms with E-state index in [9.17, 15) is 32.1 Å². The van der Waals surface area contributed by atoms with Crippen LogP contribution >= 0.6 is 21.6 Å². The number of rotatable bonds is 19. The van der Waals surface area contributed by atoms with Crippen molar-refractivity contribution in [3.8, 4) is 23.0 Å². The first-order valence-electron chi connectivity index (χ1n) is 23.5. The standard InChI is InChI=1S/C53H55N5O11S3/c1-31(59)49(72(63,64)65)15-17-70-71-53(2,3)16-14-50(60)56-36-19-32(29-68-47-25-41-39(23-45(47)66-4)51(61)57-37(27-54-41)21-34-10-6-8-12-43(34)57)18-33(20-36)30-69-48-26-42-40(24-46(48)67-5)52(62)58-38(28-55-42)22-35-11-7-9-13-44(35)58/h6-13,18-20,23-27,37-38,49,55H,14-17,21-22,28-30H2,1-5H3,(H,56,60)(H,63,64,65)/t37-,38-,49?/m0/s1. The number of nitrogens with one attached hydrogen (secondary N) is 2. The minimum atomic E-state index is -4.50. The summed E-state index contributed by atoms with van der Waals surface area (Å²) in [5.41, 5.74) is 7.76. The van der Waals surface area contributed by atoms with Gasteiger partial charge in [0, 0.05) is 65.3 Å². The molecule has 0 saturated carbocycles. The van der Waals surface area contributed by atoms with Crippen LogP contribution in [-0.4, -0.2) is 91.3 Å². The highest BCUT2D eigenvalue weighted by Gasteiger charge is 2.39. The summed E-state index contributed by atoms with van der Waals surface area (Å²) in [5, 5.41) is 5.05. The van der Waals surface area contributed by atoms with Gasteiger partial charge in [0.2, 0.25) is 5.91 Å². The molecule has 3 amide bonds. The van der Waals surface area contributed by atoms with Gasteiger partial charge < -0.3 is 34.5 Å². The number of nitrogens with zero attached hydrogens (tertiary/aromatic N) is 3. The van der Waals surface area contributed by atoms with Crippen LogP contribution in [0.15, 0.2) is 96.0 Å². The second-order valence-electron chi connectivity index (χ2n) is 18.7. The van der Waals surface area contributed by atoms with E-state index >= 15 is 0 Å². The van der Waals surface area contributed by atoms with Gasteiger partial charge in [-0.3, -0.25) is 33.6 Å². The summed E-state index contributed by atoms with van der Waals surface area (Å²) in [7, 11) is 1.39. The van der Waals surface area contributed by atoms with Crippen molar-refractivity contribution < 1.29 is 51.1 Å². The Kier molecular flexibility index (Phi) is 14.6. The van der Waals surface area contributed by atoms with Crippen LogP contribution < -0.4 is 39.4 Å². The first-order chi connectivity index (χ1) is 34.5. The van der Waals surface area contributed by atoms with Crippen LogP contribution in [0.5, 0.6) is 23.0 Å². The molecule has 0 saturated heterocycles. The second kappa shape index (κ2) is 20.9. The van der Waals surface area contributed by atoms with Gasteiger partial charge in [-0.1, -0.05) is 58.0 Å². The van der Waals surface area contributed by atoms with E-state index in [2.05, 4.69) is 16.7 Å². The Hall–Kier alpha value is -6.54. The predicted octanol–water partition coefficient (Wildman–Crippen LogP) is 9.26. The number of aliphatic imine (C=N–C) groups is 1. The van der Waals surface area contributed by atoms with E-state index in [1.54, 1.807) is 35.4 Å². The smallest absolute Gasteiger partial charge is 0.274 e. The molecular weight excluding hydrogens is 979 g/mol. The van der Waals surface area contributed by atoms with Gasteiger partial charge in [-0.25, -0.2) is 0 Å². The number of benzene rings is 5. The van der Waals surface area contributed by atoms with Crippen molar-refractivity contribution in [2.45, 2.75) is 88.2 Å². The van der Waals surface area contributed by atoms with E-state index in [0.29, 0.717) is 87.5 Å². The molecule has 3 atom stereocenters. The number of carbonyl (C=O) groups excluding carboxylic acids is 4. The molecule has 376 valence electrons. The zero-order valence-corrected chi connectivity index (χ0v) is 42.9. The van der Waals surface area contributed by atoms with Gasteiger partial charge in [0.05, 0.1) is 48.8 Å². The molecule has 5 aromatic rings. The largest absolute Gasteiger partial charge is 0.493 e. The summed E-state index contributed by atoms with van der Waals surface area (Å²) in [4.78, 5) is 62.0. The van der Waals surface area contributed by atoms with E-state index in [-0.39, 0.29) is 55.9 Å². The minimum Gasteiger partial charge on any atom is -0.493 e. The molecule has 0 spiro atoms. The van der Waals surface area contributed by atoms with Crippen LogP contribution in [-0.2, 0) is 45.8 Å². The number of hydrogen-bond donors (Lipinski definition) is 3. The van der Waals surface area contributed by atoms with Crippen molar-refractivity contribution in [2.24, 2.45) is 4.99 Å². The van der Waals surface area contributed by atoms with Crippen LogP contribution in [0.4, 0.5) is 28.4 Å². The average Bonchev–Trinajstić information content (AvgIpc) is 3.84. The lowest BCUT2D eigenvalue weighted by Gasteiger charge is -2.23. The van der Waals surface area contributed by atoms with Gasteiger partial charge in [-0.05, 0) is 105 Å². The first-order valence-corrected chi connectivity index (χ1v) is 27.3. The van der Waals surface area contributed by atoms with E-state index < -0.39 is 25.9 Å². The summed E-state index contributed by atoms with van der Waals surface area (Å²) in [6.07, 6.45) is 3.80. The van der Waals surface area contributed by atoms with Crippen LogP contribution in [0.2, 0.25) is 0 Å². The van der Waals surface area contributed by atoms with E-state index in [4.69, 9.17) is 23.9 Å². The number of carbonyl (C=O) groups is 4. The van der Waals surface area contributed by atoms with Crippen molar-refractivity contribution in [2.75, 3.05) is 47.0 Å². The number of para-hydroxylation sites is 2. The molecule has 1 unspecified atom stereocenters. The average molecular weight is 1030 g/mol. The third-order valence-corrected chi connectivity index (χ3v) is 17.8. The van der Waals surface area contributed by atoms with E-state index in [0.717, 1.165) is 35.8 Å². The molecule has 72 heavy (non-hydrogen) atoms. The molecule has 9 rings (SSSR count). The maximum atomic E-state index is 14.1. The lowest BCUT2D eigenvalue weighted by atomic mass is 10.1. The van der Waals surface area contributed by atoms with Crippen LogP contribution in [0.3, 0.4) is 0 Å². The molecule has 0 fully saturated rings. The number of methoxy groups -OCH3 is 2. The Morgan fingerprint density at radius 2 is 1.44 bits per heavy atom. The lowest BCUT2D eigenvalue weighted by Crippen LogP contribution is -2.39. The quantitative estimate of drug-likeness (QED) is 0.0401. The van der Waals surface area contributed by atoms with Gasteiger partial charge in [0.1, 0.15) is 24.2 Å². The molecular formula is C53H55N5O11S3. The number of Topliss-reactive ketones (excluding diaryl/α,β-unsaturated/α-hetero) is 1. The summed E-state index contributed by atoms with van der Waals surface area (Å²) in [6, 6.07) is 27.9. The lowest BCUT2D eigenvalue weighted by molar-refractivity contribution is -0.117. The van der Waals surface area contributed by atoms with Crippen molar-refractivity contribution >= 4 is 89.9 Å². The first kappa shape index (κ1) is 50.4. The maximum absolute atomic E-state index is 14.1. The molecule has 4 heterocycles. The van der Waals surface area contributed by atoms with Gasteiger partial charge in [-0.2, -0.15) is 8.42 Å². The number of hydrogen-bond acceptors (Lipinski definition) is 14. The minimum absolute atomic E-state index is 0.0274. The molecule has 5 aromatic carbocycles. The Morgan fingerprint density at radius 1 is 0.833 bits per heavy atom. The zero-order valence-electron chi connectivity index (χ0n) is 40.4. The summed E-state index contributed by atoms with van der Waals surface area (Å²) in [6.45, 7) is 5.71. The summed E-state index contributed by atoms with van der Waals surface area (Å²) >= 11 is 0. The van der Waals surface area contributed by atoms with Crippen molar-refractivity contribution in [3.63, 3.8) is 0 Å². The predicted molar refractivity (Wildman–Crippen MR) is 282 cm³/mol. The number of fused-ring (bicyclic) bond motifs is 8. The Morgan fingerprint density at radius 3 is 2.10 bits per heavy atom. The van der Waals surface area contributed by atoms with E-state index in [1.165, 1.54) is 35.8 Å². The molecule has 16 nitrogen and oxygen atoms in total. The Labute approximate surface area is 426 Å². The van der Waals surface area contributed by atoms with Crippen molar-refractivity contribution in [1.82, 2.24) is 0 Å².